The quantitative estimate of drug-likeness (QED) is 0.793. The van der Waals surface area contributed by atoms with Crippen molar-refractivity contribution in [3.05, 3.63) is 17.5 Å². The molecule has 0 saturated heterocycles. The maximum Gasteiger partial charge on any atom is 0.253 e. The average Bonchev–Trinajstić information content (AvgIpc) is 2.70. The van der Waals surface area contributed by atoms with E-state index >= 15 is 0 Å². The van der Waals surface area contributed by atoms with E-state index in [1.54, 1.807) is 23.5 Å². The minimum atomic E-state index is -0.214. The standard InChI is InChI=1S/C12H17N5OS/c1-7-6-8(2)17-11(13-7)14-12(15-17)19-9(3)10(18)16(4)5/h6,9H,1-5H3. The molecule has 102 valence electrons. The van der Waals surface area contributed by atoms with Gasteiger partial charge in [-0.25, -0.2) is 9.50 Å². The minimum Gasteiger partial charge on any atom is -0.348 e. The van der Waals surface area contributed by atoms with E-state index in [-0.39, 0.29) is 11.2 Å². The summed E-state index contributed by atoms with van der Waals surface area (Å²) < 4.78 is 1.70. The summed E-state index contributed by atoms with van der Waals surface area (Å²) in [5, 5.41) is 4.73. The highest BCUT2D eigenvalue weighted by molar-refractivity contribution is 8.00. The first-order valence-electron chi connectivity index (χ1n) is 5.97. The van der Waals surface area contributed by atoms with Gasteiger partial charge in [0.2, 0.25) is 11.1 Å². The zero-order valence-corrected chi connectivity index (χ0v) is 12.5. The smallest absolute Gasteiger partial charge is 0.253 e. The maximum absolute atomic E-state index is 11.8. The first kappa shape index (κ1) is 13.8. The molecule has 7 heteroatoms. The first-order valence-corrected chi connectivity index (χ1v) is 6.85. The van der Waals surface area contributed by atoms with E-state index in [1.807, 2.05) is 26.8 Å². The lowest BCUT2D eigenvalue weighted by molar-refractivity contribution is -0.127. The highest BCUT2D eigenvalue weighted by Crippen LogP contribution is 2.21. The average molecular weight is 279 g/mol. The van der Waals surface area contributed by atoms with Gasteiger partial charge < -0.3 is 4.90 Å². The van der Waals surface area contributed by atoms with Crippen molar-refractivity contribution in [1.29, 1.82) is 0 Å². The van der Waals surface area contributed by atoms with Gasteiger partial charge in [0.15, 0.2) is 0 Å². The zero-order valence-electron chi connectivity index (χ0n) is 11.7. The summed E-state index contributed by atoms with van der Waals surface area (Å²) in [6.45, 7) is 5.73. The summed E-state index contributed by atoms with van der Waals surface area (Å²) in [5.74, 6) is 0.620. The Hall–Kier alpha value is -1.63. The number of thioether (sulfide) groups is 1. The SMILES string of the molecule is Cc1cc(C)n2nc(SC(C)C(=O)N(C)C)nc2n1. The Morgan fingerprint density at radius 1 is 1.37 bits per heavy atom. The second kappa shape index (κ2) is 5.16. The van der Waals surface area contributed by atoms with Gasteiger partial charge in [-0.15, -0.1) is 5.10 Å². The van der Waals surface area contributed by atoms with E-state index < -0.39 is 0 Å². The molecule has 2 heterocycles. The van der Waals surface area contributed by atoms with Gasteiger partial charge in [-0.2, -0.15) is 4.98 Å². The van der Waals surface area contributed by atoms with Crippen molar-refractivity contribution in [1.82, 2.24) is 24.5 Å². The summed E-state index contributed by atoms with van der Waals surface area (Å²) in [5.41, 5.74) is 1.89. The number of amides is 1. The van der Waals surface area contributed by atoms with E-state index in [4.69, 9.17) is 0 Å². The molecule has 6 nitrogen and oxygen atoms in total. The lowest BCUT2D eigenvalue weighted by Gasteiger charge is -2.14. The monoisotopic (exact) mass is 279 g/mol. The van der Waals surface area contributed by atoms with Crippen molar-refractivity contribution in [2.45, 2.75) is 31.2 Å². The summed E-state index contributed by atoms with van der Waals surface area (Å²) >= 11 is 1.35. The van der Waals surface area contributed by atoms with Crippen LogP contribution in [0, 0.1) is 13.8 Å². The molecule has 2 aromatic heterocycles. The molecule has 0 aliphatic heterocycles. The van der Waals surface area contributed by atoms with Gasteiger partial charge in [-0.1, -0.05) is 11.8 Å². The van der Waals surface area contributed by atoms with Crippen LogP contribution in [0.2, 0.25) is 0 Å². The summed E-state index contributed by atoms with van der Waals surface area (Å²) in [4.78, 5) is 22.1. The largest absolute Gasteiger partial charge is 0.348 e. The van der Waals surface area contributed by atoms with Crippen LogP contribution in [0.3, 0.4) is 0 Å². The Balaban J connectivity index is 2.27. The number of rotatable bonds is 3. The number of aromatic nitrogens is 4. The van der Waals surface area contributed by atoms with Gasteiger partial charge in [-0.3, -0.25) is 4.79 Å². The molecule has 19 heavy (non-hydrogen) atoms. The third kappa shape index (κ3) is 2.86. The van der Waals surface area contributed by atoms with Crippen LogP contribution in [0.25, 0.3) is 5.78 Å². The normalized spacial score (nSPS) is 12.7. The molecular formula is C12H17N5OS. The maximum atomic E-state index is 11.8. The Morgan fingerprint density at radius 2 is 2.05 bits per heavy atom. The Bertz CT molecular complexity index is 622. The second-order valence-corrected chi connectivity index (χ2v) is 5.95. The van der Waals surface area contributed by atoms with Gasteiger partial charge in [0, 0.05) is 25.5 Å². The van der Waals surface area contributed by atoms with E-state index in [0.29, 0.717) is 10.9 Å². The number of carbonyl (C=O) groups excluding carboxylic acids is 1. The predicted molar refractivity (Wildman–Crippen MR) is 74.3 cm³/mol. The molecule has 1 unspecified atom stereocenters. The zero-order chi connectivity index (χ0) is 14.2. The molecule has 0 saturated carbocycles. The molecule has 0 fully saturated rings. The Labute approximate surface area is 116 Å². The fourth-order valence-electron chi connectivity index (χ4n) is 1.77. The van der Waals surface area contributed by atoms with Gasteiger partial charge >= 0.3 is 0 Å². The molecule has 0 aliphatic rings. The topological polar surface area (TPSA) is 63.4 Å². The van der Waals surface area contributed by atoms with Gasteiger partial charge in [-0.05, 0) is 26.8 Å². The highest BCUT2D eigenvalue weighted by atomic mass is 32.2. The van der Waals surface area contributed by atoms with Gasteiger partial charge in [0.25, 0.3) is 5.78 Å². The van der Waals surface area contributed by atoms with Crippen LogP contribution in [0.1, 0.15) is 18.3 Å². The second-order valence-electron chi connectivity index (χ2n) is 4.64. The van der Waals surface area contributed by atoms with Crippen LogP contribution >= 0.6 is 11.8 Å². The molecule has 0 bridgehead atoms. The number of carbonyl (C=O) groups is 1. The molecule has 0 spiro atoms. The molecule has 0 N–H and O–H groups in total. The van der Waals surface area contributed by atoms with Gasteiger partial charge in [0.05, 0.1) is 5.25 Å². The van der Waals surface area contributed by atoms with E-state index in [0.717, 1.165) is 11.4 Å². The lowest BCUT2D eigenvalue weighted by atomic mass is 10.4. The van der Waals surface area contributed by atoms with Crippen LogP contribution in [0.15, 0.2) is 11.2 Å². The molecule has 1 atom stereocenters. The molecular weight excluding hydrogens is 262 g/mol. The minimum absolute atomic E-state index is 0.0460. The lowest BCUT2D eigenvalue weighted by Crippen LogP contribution is -2.29. The number of nitrogens with zero attached hydrogens (tertiary/aromatic N) is 5. The Kier molecular flexibility index (Phi) is 3.75. The van der Waals surface area contributed by atoms with Crippen molar-refractivity contribution in [2.75, 3.05) is 14.1 Å². The highest BCUT2D eigenvalue weighted by Gasteiger charge is 2.19. The van der Waals surface area contributed by atoms with Crippen LogP contribution in [-0.4, -0.2) is 49.7 Å². The van der Waals surface area contributed by atoms with Crippen LogP contribution in [0.5, 0.6) is 0 Å². The molecule has 2 aromatic rings. The third-order valence-corrected chi connectivity index (χ3v) is 3.61. The molecule has 0 aliphatic carbocycles. The van der Waals surface area contributed by atoms with E-state index in [1.165, 1.54) is 11.8 Å². The third-order valence-electron chi connectivity index (χ3n) is 2.67. The van der Waals surface area contributed by atoms with Crippen molar-refractivity contribution >= 4 is 23.4 Å². The van der Waals surface area contributed by atoms with Crippen molar-refractivity contribution in [2.24, 2.45) is 0 Å². The van der Waals surface area contributed by atoms with Crippen molar-refractivity contribution in [3.8, 4) is 0 Å². The predicted octanol–water partition coefficient (Wildman–Crippen LogP) is 1.31. The first-order chi connectivity index (χ1) is 8.88. The molecule has 1 amide bonds. The van der Waals surface area contributed by atoms with E-state index in [2.05, 4.69) is 15.1 Å². The fraction of sp³-hybridized carbons (Fsp3) is 0.500. The molecule has 2 rings (SSSR count). The number of aryl methyl sites for hydroxylation is 2. The van der Waals surface area contributed by atoms with Gasteiger partial charge in [0.1, 0.15) is 0 Å². The number of hydrogen-bond donors (Lipinski definition) is 0. The van der Waals surface area contributed by atoms with Crippen molar-refractivity contribution in [3.63, 3.8) is 0 Å². The fourth-order valence-corrected chi connectivity index (χ4v) is 2.66. The molecule has 0 aromatic carbocycles. The van der Waals surface area contributed by atoms with Crippen molar-refractivity contribution < 1.29 is 4.79 Å². The summed E-state index contributed by atoms with van der Waals surface area (Å²) in [6.07, 6.45) is 0. The Morgan fingerprint density at radius 3 is 2.68 bits per heavy atom. The van der Waals surface area contributed by atoms with Crippen LogP contribution in [0.4, 0.5) is 0 Å². The number of fused-ring (bicyclic) bond motifs is 1. The van der Waals surface area contributed by atoms with Crippen LogP contribution in [-0.2, 0) is 4.79 Å². The summed E-state index contributed by atoms with van der Waals surface area (Å²) in [6, 6.07) is 1.95. The van der Waals surface area contributed by atoms with Crippen LogP contribution < -0.4 is 0 Å². The van der Waals surface area contributed by atoms with E-state index in [9.17, 15) is 4.79 Å². The molecule has 0 radical (unpaired) electrons. The number of hydrogen-bond acceptors (Lipinski definition) is 5. The summed E-state index contributed by atoms with van der Waals surface area (Å²) in [7, 11) is 3.48.